The van der Waals surface area contributed by atoms with E-state index in [2.05, 4.69) is 15.2 Å². The van der Waals surface area contributed by atoms with Gasteiger partial charge in [0.25, 0.3) is 0 Å². The molecule has 0 fully saturated rings. The van der Waals surface area contributed by atoms with Crippen molar-refractivity contribution in [3.05, 3.63) is 23.2 Å². The van der Waals surface area contributed by atoms with E-state index in [4.69, 9.17) is 15.8 Å². The van der Waals surface area contributed by atoms with Crippen molar-refractivity contribution in [2.24, 2.45) is 0 Å². The molecule has 2 heterocycles. The molecular formula is C14H16ClN5O3S. The summed E-state index contributed by atoms with van der Waals surface area (Å²) in [6.45, 7) is 5.41. The fraction of sp³-hybridized carbons (Fsp3) is 0.357. The Labute approximate surface area is 144 Å². The second-order valence-corrected chi connectivity index (χ2v) is 7.18. The molecule has 24 heavy (non-hydrogen) atoms. The van der Waals surface area contributed by atoms with Crippen LogP contribution in [0.5, 0.6) is 6.01 Å². The summed E-state index contributed by atoms with van der Waals surface area (Å²) in [5.41, 5.74) is 1.62. The van der Waals surface area contributed by atoms with Gasteiger partial charge < -0.3 is 9.08 Å². The van der Waals surface area contributed by atoms with E-state index in [9.17, 15) is 8.42 Å². The molecule has 0 radical (unpaired) electrons. The Morgan fingerprint density at radius 2 is 1.96 bits per heavy atom. The molecule has 0 saturated carbocycles. The van der Waals surface area contributed by atoms with Crippen molar-refractivity contribution in [1.82, 2.24) is 19.6 Å². The molecule has 3 aromatic rings. The first-order valence-electron chi connectivity index (χ1n) is 7.32. The molecule has 0 spiro atoms. The number of aromatic nitrogens is 4. The molecule has 0 aliphatic carbocycles. The Morgan fingerprint density at radius 3 is 2.58 bits per heavy atom. The summed E-state index contributed by atoms with van der Waals surface area (Å²) in [5.74, 6) is 0.589. The fourth-order valence-electron chi connectivity index (χ4n) is 2.50. The van der Waals surface area contributed by atoms with Gasteiger partial charge in [-0.2, -0.15) is 8.42 Å². The van der Waals surface area contributed by atoms with Crippen LogP contribution in [0.2, 0.25) is 5.02 Å². The van der Waals surface area contributed by atoms with Crippen LogP contribution in [0.25, 0.3) is 16.7 Å². The van der Waals surface area contributed by atoms with Gasteiger partial charge in [0.2, 0.25) is 5.65 Å². The third-order valence-electron chi connectivity index (χ3n) is 3.53. The first-order valence-corrected chi connectivity index (χ1v) is 9.52. The number of hydrogen-bond donors (Lipinski definition) is 0. The summed E-state index contributed by atoms with van der Waals surface area (Å²) in [5, 5.41) is 8.48. The van der Waals surface area contributed by atoms with Crippen LogP contribution >= 0.6 is 11.6 Å². The minimum atomic E-state index is -3.74. The molecule has 3 rings (SSSR count). The minimum absolute atomic E-state index is 0.129. The lowest BCUT2D eigenvalue weighted by Gasteiger charge is -2.20. The highest BCUT2D eigenvalue weighted by Crippen LogP contribution is 2.28. The summed E-state index contributed by atoms with van der Waals surface area (Å²) in [7, 11) is -3.74. The van der Waals surface area contributed by atoms with Crippen LogP contribution in [0.4, 0.5) is 5.82 Å². The molecule has 0 N–H and O–H groups in total. The Balaban J connectivity index is 2.40. The van der Waals surface area contributed by atoms with Gasteiger partial charge in [-0.05, 0) is 32.0 Å². The van der Waals surface area contributed by atoms with Crippen LogP contribution in [0.3, 0.4) is 0 Å². The predicted molar refractivity (Wildman–Crippen MR) is 92.3 cm³/mol. The molecule has 10 heteroatoms. The number of hydrogen-bond acceptors (Lipinski definition) is 7. The van der Waals surface area contributed by atoms with Gasteiger partial charge in [0.1, 0.15) is 0 Å². The third kappa shape index (κ3) is 2.96. The maximum Gasteiger partial charge on any atom is 0.338 e. The molecular weight excluding hydrogens is 354 g/mol. The average Bonchev–Trinajstić information content (AvgIpc) is 2.90. The van der Waals surface area contributed by atoms with Crippen molar-refractivity contribution in [2.45, 2.75) is 13.8 Å². The van der Waals surface area contributed by atoms with Crippen LogP contribution in [0, 0.1) is 0 Å². The zero-order chi connectivity index (χ0) is 17.5. The van der Waals surface area contributed by atoms with Crippen molar-refractivity contribution < 1.29 is 12.6 Å². The van der Waals surface area contributed by atoms with Gasteiger partial charge in [0, 0.05) is 18.1 Å². The maximum atomic E-state index is 11.5. The van der Waals surface area contributed by atoms with Crippen molar-refractivity contribution in [3.63, 3.8) is 0 Å². The van der Waals surface area contributed by atoms with Crippen molar-refractivity contribution in [3.8, 4) is 6.01 Å². The van der Waals surface area contributed by atoms with Gasteiger partial charge >= 0.3 is 16.1 Å². The summed E-state index contributed by atoms with van der Waals surface area (Å²) in [4.78, 5) is 6.62. The maximum absolute atomic E-state index is 11.5. The first-order chi connectivity index (χ1) is 11.3. The Bertz CT molecular complexity index is 1010. The number of benzene rings is 1. The highest BCUT2D eigenvalue weighted by atomic mass is 35.5. The number of anilines is 1. The quantitative estimate of drug-likeness (QED) is 0.636. The Hall–Kier alpha value is -2.13. The van der Waals surface area contributed by atoms with Gasteiger partial charge in [0.05, 0.1) is 17.3 Å². The number of rotatable bonds is 5. The summed E-state index contributed by atoms with van der Waals surface area (Å²) >= 11 is 6.07. The Morgan fingerprint density at radius 1 is 1.25 bits per heavy atom. The van der Waals surface area contributed by atoms with E-state index in [1.807, 2.05) is 18.7 Å². The molecule has 0 atom stereocenters. The molecule has 2 aromatic heterocycles. The zero-order valence-corrected chi connectivity index (χ0v) is 15.0. The highest BCUT2D eigenvalue weighted by Gasteiger charge is 2.21. The van der Waals surface area contributed by atoms with Crippen LogP contribution in [-0.2, 0) is 10.1 Å². The van der Waals surface area contributed by atoms with Crippen molar-refractivity contribution in [2.75, 3.05) is 24.2 Å². The second-order valence-electron chi connectivity index (χ2n) is 5.17. The van der Waals surface area contributed by atoms with Crippen LogP contribution < -0.4 is 9.08 Å². The van der Waals surface area contributed by atoms with Crippen LogP contribution in [0.1, 0.15) is 13.8 Å². The molecule has 0 bridgehead atoms. The number of halogens is 1. The topological polar surface area (TPSA) is 89.7 Å². The lowest BCUT2D eigenvalue weighted by molar-refractivity contribution is 0.468. The molecule has 1 aromatic carbocycles. The first kappa shape index (κ1) is 16.7. The molecule has 8 nitrogen and oxygen atoms in total. The zero-order valence-electron chi connectivity index (χ0n) is 13.4. The highest BCUT2D eigenvalue weighted by molar-refractivity contribution is 7.86. The van der Waals surface area contributed by atoms with Gasteiger partial charge in [0.15, 0.2) is 5.82 Å². The second kappa shape index (κ2) is 6.06. The Kier molecular flexibility index (Phi) is 4.22. The molecule has 0 amide bonds. The van der Waals surface area contributed by atoms with E-state index in [-0.39, 0.29) is 6.01 Å². The van der Waals surface area contributed by atoms with Gasteiger partial charge in [-0.15, -0.1) is 5.10 Å². The van der Waals surface area contributed by atoms with Crippen LogP contribution in [0.15, 0.2) is 18.2 Å². The summed E-state index contributed by atoms with van der Waals surface area (Å²) in [6.07, 6.45) is 0.958. The lowest BCUT2D eigenvalue weighted by Crippen LogP contribution is -2.24. The van der Waals surface area contributed by atoms with E-state index in [1.165, 1.54) is 4.40 Å². The van der Waals surface area contributed by atoms with Gasteiger partial charge in [-0.25, -0.2) is 9.38 Å². The van der Waals surface area contributed by atoms with E-state index < -0.39 is 10.1 Å². The van der Waals surface area contributed by atoms with Gasteiger partial charge in [-0.3, -0.25) is 0 Å². The lowest BCUT2D eigenvalue weighted by atomic mass is 10.3. The largest absolute Gasteiger partial charge is 0.354 e. The summed E-state index contributed by atoms with van der Waals surface area (Å²) in [6, 6.07) is 4.98. The SMILES string of the molecule is CCN(CC)c1nc2cc(Cl)ccc2n2c(OS(C)(=O)=O)nnc12. The smallest absolute Gasteiger partial charge is 0.338 e. The number of nitrogens with zero attached hydrogens (tertiary/aromatic N) is 5. The summed E-state index contributed by atoms with van der Waals surface area (Å²) < 4.78 is 29.5. The average molecular weight is 370 g/mol. The molecule has 128 valence electrons. The van der Waals surface area contributed by atoms with Crippen molar-refractivity contribution in [1.29, 1.82) is 0 Å². The molecule has 0 aliphatic rings. The van der Waals surface area contributed by atoms with E-state index >= 15 is 0 Å². The monoisotopic (exact) mass is 369 g/mol. The minimum Gasteiger partial charge on any atom is -0.354 e. The van der Waals surface area contributed by atoms with Crippen molar-refractivity contribution >= 4 is 44.2 Å². The molecule has 0 unspecified atom stereocenters. The normalized spacial score (nSPS) is 12.0. The van der Waals surface area contributed by atoms with E-state index in [0.717, 1.165) is 6.26 Å². The molecule has 0 aliphatic heterocycles. The third-order valence-corrected chi connectivity index (χ3v) is 4.21. The van der Waals surface area contributed by atoms with Gasteiger partial charge in [-0.1, -0.05) is 16.7 Å². The van der Waals surface area contributed by atoms with E-state index in [1.54, 1.807) is 18.2 Å². The van der Waals surface area contributed by atoms with Crippen LogP contribution in [-0.4, -0.2) is 47.3 Å². The fourth-order valence-corrected chi connectivity index (χ4v) is 3.04. The predicted octanol–water partition coefficient (Wildman–Crippen LogP) is 2.12. The van der Waals surface area contributed by atoms with E-state index in [0.29, 0.717) is 40.6 Å². The number of fused-ring (bicyclic) bond motifs is 3. The molecule has 0 saturated heterocycles. The standard InChI is InChI=1S/C14H16ClN5O3S/c1-4-19(5-2)12-13-17-18-14(23-24(3,21)22)20(13)11-7-6-9(15)8-10(11)16-12/h6-8H,4-5H2,1-3H3.